The van der Waals surface area contributed by atoms with Gasteiger partial charge in [0.1, 0.15) is 12.4 Å². The van der Waals surface area contributed by atoms with Crippen LogP contribution in [-0.2, 0) is 6.42 Å². The van der Waals surface area contributed by atoms with E-state index in [2.05, 4.69) is 0 Å². The zero-order chi connectivity index (χ0) is 14.6. The first-order chi connectivity index (χ1) is 8.74. The van der Waals surface area contributed by atoms with E-state index in [-0.39, 0.29) is 23.7 Å². The Kier molecular flexibility index (Phi) is 5.17. The molecule has 0 aliphatic heterocycles. The van der Waals surface area contributed by atoms with Crippen molar-refractivity contribution in [2.45, 2.75) is 32.0 Å². The van der Waals surface area contributed by atoms with Crippen LogP contribution in [0, 0.1) is 5.82 Å². The average molecular weight is 278 g/mol. The van der Waals surface area contributed by atoms with Crippen LogP contribution in [0.15, 0.2) is 18.2 Å². The highest BCUT2D eigenvalue weighted by atomic mass is 19.4. The summed E-state index contributed by atoms with van der Waals surface area (Å²) >= 11 is 0. The first kappa shape index (κ1) is 15.8. The maximum absolute atomic E-state index is 13.8. The fourth-order valence-corrected chi connectivity index (χ4v) is 1.87. The third kappa shape index (κ3) is 4.70. The van der Waals surface area contributed by atoms with Crippen LogP contribution >= 0.6 is 0 Å². The van der Waals surface area contributed by atoms with Crippen molar-refractivity contribution in [2.75, 3.05) is 18.5 Å². The Bertz CT molecular complexity index is 418. The average Bonchev–Trinajstić information content (AvgIpc) is 2.29. The smallest absolute Gasteiger partial charge is 0.365 e. The number of anilines is 1. The summed E-state index contributed by atoms with van der Waals surface area (Å²) in [6, 6.07) is 3.85. The van der Waals surface area contributed by atoms with Crippen LogP contribution in [0.1, 0.15) is 18.9 Å². The second-order valence-corrected chi connectivity index (χ2v) is 4.58. The molecule has 0 radical (unpaired) electrons. The van der Waals surface area contributed by atoms with Crippen LogP contribution in [0.3, 0.4) is 0 Å². The predicted octanol–water partition coefficient (Wildman–Crippen LogP) is 3.10. The molecule has 1 aromatic carbocycles. The maximum Gasteiger partial charge on any atom is 0.405 e. The van der Waals surface area contributed by atoms with Gasteiger partial charge in [-0.1, -0.05) is 13.0 Å². The number of nitrogens with zero attached hydrogens (tertiary/aromatic N) is 1. The van der Waals surface area contributed by atoms with E-state index in [1.165, 1.54) is 25.2 Å². The molecule has 0 aliphatic carbocycles. The molecular formula is C13H18F4N2. The highest BCUT2D eigenvalue weighted by Gasteiger charge is 2.30. The molecule has 0 heterocycles. The molecule has 0 bridgehead atoms. The van der Waals surface area contributed by atoms with Gasteiger partial charge in [0.05, 0.1) is 0 Å². The van der Waals surface area contributed by atoms with E-state index in [1.54, 1.807) is 0 Å². The SMILES string of the molecule is CCC(N)Cc1c(F)cccc1N(C)CC(F)(F)F. The van der Waals surface area contributed by atoms with Gasteiger partial charge in [0.2, 0.25) is 0 Å². The number of benzene rings is 1. The normalized spacial score (nSPS) is 13.4. The Morgan fingerprint density at radius 1 is 1.32 bits per heavy atom. The quantitative estimate of drug-likeness (QED) is 0.839. The number of rotatable bonds is 5. The molecule has 0 fully saturated rings. The molecular weight excluding hydrogens is 260 g/mol. The van der Waals surface area contributed by atoms with Crippen molar-refractivity contribution < 1.29 is 17.6 Å². The summed E-state index contributed by atoms with van der Waals surface area (Å²) < 4.78 is 51.0. The molecule has 0 aromatic heterocycles. The van der Waals surface area contributed by atoms with Gasteiger partial charge in [-0.2, -0.15) is 13.2 Å². The van der Waals surface area contributed by atoms with Crippen molar-refractivity contribution in [3.8, 4) is 0 Å². The molecule has 19 heavy (non-hydrogen) atoms. The fourth-order valence-electron chi connectivity index (χ4n) is 1.87. The van der Waals surface area contributed by atoms with Crippen LogP contribution in [0.2, 0.25) is 0 Å². The summed E-state index contributed by atoms with van der Waals surface area (Å²) in [4.78, 5) is 1.00. The van der Waals surface area contributed by atoms with Crippen molar-refractivity contribution >= 4 is 5.69 Å². The van der Waals surface area contributed by atoms with Crippen LogP contribution in [0.25, 0.3) is 0 Å². The molecule has 0 saturated heterocycles. The molecule has 108 valence electrons. The first-order valence-electron chi connectivity index (χ1n) is 6.05. The van der Waals surface area contributed by atoms with Crippen LogP contribution in [-0.4, -0.2) is 25.8 Å². The van der Waals surface area contributed by atoms with Gasteiger partial charge >= 0.3 is 6.18 Å². The summed E-state index contributed by atoms with van der Waals surface area (Å²) in [6.45, 7) is 0.732. The lowest BCUT2D eigenvalue weighted by Crippen LogP contribution is -2.32. The van der Waals surface area contributed by atoms with Crippen molar-refractivity contribution in [1.82, 2.24) is 0 Å². The van der Waals surface area contributed by atoms with E-state index < -0.39 is 18.5 Å². The molecule has 1 atom stereocenters. The van der Waals surface area contributed by atoms with Gasteiger partial charge in [-0.15, -0.1) is 0 Å². The van der Waals surface area contributed by atoms with Gasteiger partial charge in [-0.25, -0.2) is 4.39 Å². The van der Waals surface area contributed by atoms with Crippen molar-refractivity contribution in [2.24, 2.45) is 5.73 Å². The minimum absolute atomic E-state index is 0.223. The molecule has 2 N–H and O–H groups in total. The van der Waals surface area contributed by atoms with Gasteiger partial charge in [-0.05, 0) is 25.0 Å². The highest BCUT2D eigenvalue weighted by molar-refractivity contribution is 5.54. The Morgan fingerprint density at radius 3 is 2.47 bits per heavy atom. The fraction of sp³-hybridized carbons (Fsp3) is 0.538. The molecule has 0 saturated carbocycles. The third-order valence-electron chi connectivity index (χ3n) is 2.91. The Morgan fingerprint density at radius 2 is 1.95 bits per heavy atom. The van der Waals surface area contributed by atoms with Crippen LogP contribution in [0.5, 0.6) is 0 Å². The van der Waals surface area contributed by atoms with E-state index in [0.717, 1.165) is 4.90 Å². The first-order valence-corrected chi connectivity index (χ1v) is 6.05. The molecule has 0 aliphatic rings. The van der Waals surface area contributed by atoms with Gasteiger partial charge < -0.3 is 10.6 Å². The van der Waals surface area contributed by atoms with E-state index in [9.17, 15) is 17.6 Å². The Labute approximate surface area is 110 Å². The van der Waals surface area contributed by atoms with Crippen LogP contribution in [0.4, 0.5) is 23.2 Å². The number of hydrogen-bond acceptors (Lipinski definition) is 2. The second-order valence-electron chi connectivity index (χ2n) is 4.58. The van der Waals surface area contributed by atoms with E-state index in [1.807, 2.05) is 6.92 Å². The van der Waals surface area contributed by atoms with Crippen molar-refractivity contribution in [1.29, 1.82) is 0 Å². The van der Waals surface area contributed by atoms with Gasteiger partial charge in [0.25, 0.3) is 0 Å². The molecule has 0 spiro atoms. The molecule has 0 amide bonds. The lowest BCUT2D eigenvalue weighted by atomic mass is 10.0. The number of halogens is 4. The minimum Gasteiger partial charge on any atom is -0.365 e. The van der Waals surface area contributed by atoms with Gasteiger partial charge in [-0.3, -0.25) is 0 Å². The lowest BCUT2D eigenvalue weighted by molar-refractivity contribution is -0.119. The number of alkyl halides is 3. The zero-order valence-corrected chi connectivity index (χ0v) is 11.0. The summed E-state index contributed by atoms with van der Waals surface area (Å²) in [5.74, 6) is -0.518. The largest absolute Gasteiger partial charge is 0.405 e. The molecule has 1 aromatic rings. The topological polar surface area (TPSA) is 29.3 Å². The van der Waals surface area contributed by atoms with Crippen LogP contribution < -0.4 is 10.6 Å². The predicted molar refractivity (Wildman–Crippen MR) is 67.7 cm³/mol. The monoisotopic (exact) mass is 278 g/mol. The lowest BCUT2D eigenvalue weighted by Gasteiger charge is -2.25. The molecule has 1 unspecified atom stereocenters. The van der Waals surface area contributed by atoms with E-state index >= 15 is 0 Å². The zero-order valence-electron chi connectivity index (χ0n) is 11.0. The second kappa shape index (κ2) is 6.23. The molecule has 6 heteroatoms. The summed E-state index contributed by atoms with van der Waals surface area (Å²) in [6.07, 6.45) is -3.47. The summed E-state index contributed by atoms with van der Waals surface area (Å²) in [7, 11) is 1.29. The number of hydrogen-bond donors (Lipinski definition) is 1. The number of nitrogens with two attached hydrogens (primary N) is 1. The van der Waals surface area contributed by atoms with E-state index in [0.29, 0.717) is 6.42 Å². The molecule has 2 nitrogen and oxygen atoms in total. The van der Waals surface area contributed by atoms with E-state index in [4.69, 9.17) is 5.73 Å². The van der Waals surface area contributed by atoms with Crippen molar-refractivity contribution in [3.05, 3.63) is 29.6 Å². The summed E-state index contributed by atoms with van der Waals surface area (Å²) in [5.41, 5.74) is 6.24. The highest BCUT2D eigenvalue weighted by Crippen LogP contribution is 2.27. The molecule has 1 rings (SSSR count). The van der Waals surface area contributed by atoms with Crippen molar-refractivity contribution in [3.63, 3.8) is 0 Å². The minimum atomic E-state index is -4.33. The standard InChI is InChI=1S/C13H18F4N2/c1-3-9(18)7-10-11(14)5-4-6-12(10)19(2)8-13(15,16)17/h4-6,9H,3,7-8,18H2,1-2H3. The van der Waals surface area contributed by atoms with Gasteiger partial charge in [0, 0.05) is 24.3 Å². The third-order valence-corrected chi connectivity index (χ3v) is 2.91. The Balaban J connectivity index is 3.02. The maximum atomic E-state index is 13.8. The summed E-state index contributed by atoms with van der Waals surface area (Å²) in [5, 5.41) is 0. The Hall–Kier alpha value is -1.30. The van der Waals surface area contributed by atoms with Gasteiger partial charge in [0.15, 0.2) is 0 Å².